The second-order valence-electron chi connectivity index (χ2n) is 5.08. The van der Waals surface area contributed by atoms with Crippen LogP contribution in [0.15, 0.2) is 0 Å². The van der Waals surface area contributed by atoms with Crippen molar-refractivity contribution in [3.8, 4) is 0 Å². The number of carbonyl (C=O) groups is 2. The molecule has 5 nitrogen and oxygen atoms in total. The van der Waals surface area contributed by atoms with E-state index in [-0.39, 0.29) is 17.8 Å². The fraction of sp³-hybridized carbons (Fsp3) is 0.846. The van der Waals surface area contributed by atoms with Crippen molar-refractivity contribution in [2.75, 3.05) is 39.3 Å². The standard InChI is InChI=1S/C13H22N2O3/c1-2-18-12(16)10-14-8-11(9-14)13(17)15-6-4-3-5-7-15/h11H,2-10H2,1H3. The molecule has 0 aromatic rings. The summed E-state index contributed by atoms with van der Waals surface area (Å²) in [6, 6.07) is 0. The number of hydrogen-bond acceptors (Lipinski definition) is 4. The number of likely N-dealkylation sites (tertiary alicyclic amines) is 2. The lowest BCUT2D eigenvalue weighted by molar-refractivity contribution is -0.151. The van der Waals surface area contributed by atoms with Crippen LogP contribution in [0.4, 0.5) is 0 Å². The Hall–Kier alpha value is -1.10. The van der Waals surface area contributed by atoms with Gasteiger partial charge < -0.3 is 9.64 Å². The molecule has 18 heavy (non-hydrogen) atoms. The molecule has 1 amide bonds. The van der Waals surface area contributed by atoms with E-state index in [1.54, 1.807) is 6.92 Å². The average Bonchev–Trinajstić information content (AvgIpc) is 2.34. The van der Waals surface area contributed by atoms with Crippen LogP contribution in [-0.4, -0.2) is 61.0 Å². The molecule has 0 radical (unpaired) electrons. The number of ether oxygens (including phenoxy) is 1. The zero-order valence-electron chi connectivity index (χ0n) is 11.1. The van der Waals surface area contributed by atoms with Gasteiger partial charge in [0, 0.05) is 26.2 Å². The number of esters is 1. The summed E-state index contributed by atoms with van der Waals surface area (Å²) < 4.78 is 4.88. The molecule has 2 aliphatic heterocycles. The molecule has 2 fully saturated rings. The van der Waals surface area contributed by atoms with Gasteiger partial charge in [0.15, 0.2) is 0 Å². The molecule has 5 heteroatoms. The van der Waals surface area contributed by atoms with Crippen molar-refractivity contribution in [2.24, 2.45) is 5.92 Å². The van der Waals surface area contributed by atoms with Gasteiger partial charge in [0.05, 0.1) is 19.1 Å². The van der Waals surface area contributed by atoms with Crippen molar-refractivity contribution in [1.29, 1.82) is 0 Å². The van der Waals surface area contributed by atoms with E-state index < -0.39 is 0 Å². The number of hydrogen-bond donors (Lipinski definition) is 0. The molecule has 0 aromatic carbocycles. The molecule has 0 unspecified atom stereocenters. The van der Waals surface area contributed by atoms with Crippen LogP contribution < -0.4 is 0 Å². The van der Waals surface area contributed by atoms with Gasteiger partial charge >= 0.3 is 5.97 Å². The first-order chi connectivity index (χ1) is 8.70. The minimum atomic E-state index is -0.193. The fourth-order valence-electron chi connectivity index (χ4n) is 2.62. The molecule has 0 aromatic heterocycles. The highest BCUT2D eigenvalue weighted by atomic mass is 16.5. The molecule has 0 bridgehead atoms. The van der Waals surface area contributed by atoms with E-state index in [1.165, 1.54) is 6.42 Å². The van der Waals surface area contributed by atoms with Crippen LogP contribution in [0.2, 0.25) is 0 Å². The normalized spacial score (nSPS) is 21.5. The van der Waals surface area contributed by atoms with E-state index in [2.05, 4.69) is 0 Å². The quantitative estimate of drug-likeness (QED) is 0.685. The third kappa shape index (κ3) is 3.22. The van der Waals surface area contributed by atoms with Crippen LogP contribution in [0.3, 0.4) is 0 Å². The molecule has 0 N–H and O–H groups in total. The molecule has 2 aliphatic rings. The summed E-state index contributed by atoms with van der Waals surface area (Å²) in [4.78, 5) is 27.3. The lowest BCUT2D eigenvalue weighted by atomic mass is 9.97. The van der Waals surface area contributed by atoms with Crippen molar-refractivity contribution in [3.63, 3.8) is 0 Å². The third-order valence-electron chi connectivity index (χ3n) is 3.63. The smallest absolute Gasteiger partial charge is 0.320 e. The minimum Gasteiger partial charge on any atom is -0.465 e. The molecular weight excluding hydrogens is 232 g/mol. The number of nitrogens with zero attached hydrogens (tertiary/aromatic N) is 2. The fourth-order valence-corrected chi connectivity index (χ4v) is 2.62. The highest BCUT2D eigenvalue weighted by Crippen LogP contribution is 2.20. The van der Waals surface area contributed by atoms with E-state index in [1.807, 2.05) is 9.80 Å². The maximum Gasteiger partial charge on any atom is 0.320 e. The predicted molar refractivity (Wildman–Crippen MR) is 67.0 cm³/mol. The summed E-state index contributed by atoms with van der Waals surface area (Å²) in [7, 11) is 0. The van der Waals surface area contributed by atoms with E-state index in [0.29, 0.717) is 26.2 Å². The number of rotatable bonds is 4. The van der Waals surface area contributed by atoms with Gasteiger partial charge in [-0.1, -0.05) is 0 Å². The number of piperidine rings is 1. The summed E-state index contributed by atoms with van der Waals surface area (Å²) in [6.45, 7) is 5.76. The Kier molecular flexibility index (Phi) is 4.58. The Morgan fingerprint density at radius 1 is 1.17 bits per heavy atom. The first-order valence-electron chi connectivity index (χ1n) is 6.87. The Bertz CT molecular complexity index is 307. The van der Waals surface area contributed by atoms with Crippen molar-refractivity contribution < 1.29 is 14.3 Å². The number of amides is 1. The Labute approximate surface area is 108 Å². The summed E-state index contributed by atoms with van der Waals surface area (Å²) in [5.41, 5.74) is 0. The SMILES string of the molecule is CCOC(=O)CN1CC(C(=O)N2CCCCC2)C1. The van der Waals surface area contributed by atoms with Crippen molar-refractivity contribution in [3.05, 3.63) is 0 Å². The maximum absolute atomic E-state index is 12.1. The maximum atomic E-state index is 12.1. The minimum absolute atomic E-state index is 0.0949. The van der Waals surface area contributed by atoms with E-state index in [0.717, 1.165) is 25.9 Å². The summed E-state index contributed by atoms with van der Waals surface area (Å²) in [6.07, 6.45) is 3.50. The van der Waals surface area contributed by atoms with Gasteiger partial charge in [0.2, 0.25) is 5.91 Å². The Morgan fingerprint density at radius 2 is 1.83 bits per heavy atom. The summed E-state index contributed by atoms with van der Waals surface area (Å²) >= 11 is 0. The van der Waals surface area contributed by atoms with Gasteiger partial charge in [0.25, 0.3) is 0 Å². The van der Waals surface area contributed by atoms with E-state index in [9.17, 15) is 9.59 Å². The highest BCUT2D eigenvalue weighted by Gasteiger charge is 2.36. The van der Waals surface area contributed by atoms with Crippen LogP contribution >= 0.6 is 0 Å². The van der Waals surface area contributed by atoms with Crippen LogP contribution in [0, 0.1) is 5.92 Å². The first-order valence-corrected chi connectivity index (χ1v) is 6.87. The average molecular weight is 254 g/mol. The lowest BCUT2D eigenvalue weighted by Crippen LogP contribution is -2.56. The van der Waals surface area contributed by atoms with Crippen LogP contribution in [0.5, 0.6) is 0 Å². The van der Waals surface area contributed by atoms with Gasteiger partial charge in [0.1, 0.15) is 0 Å². The second kappa shape index (κ2) is 6.18. The molecule has 0 aliphatic carbocycles. The molecule has 102 valence electrons. The van der Waals surface area contributed by atoms with Gasteiger partial charge in [-0.3, -0.25) is 14.5 Å². The molecule has 2 heterocycles. The van der Waals surface area contributed by atoms with Crippen molar-refractivity contribution in [2.45, 2.75) is 26.2 Å². The molecule has 0 atom stereocenters. The highest BCUT2D eigenvalue weighted by molar-refractivity contribution is 5.81. The monoisotopic (exact) mass is 254 g/mol. The summed E-state index contributed by atoms with van der Waals surface area (Å²) in [5, 5.41) is 0. The number of carbonyl (C=O) groups excluding carboxylic acids is 2. The van der Waals surface area contributed by atoms with Crippen LogP contribution in [0.25, 0.3) is 0 Å². The van der Waals surface area contributed by atoms with Gasteiger partial charge in [-0.25, -0.2) is 0 Å². The topological polar surface area (TPSA) is 49.9 Å². The van der Waals surface area contributed by atoms with Gasteiger partial charge in [-0.05, 0) is 26.2 Å². The largest absolute Gasteiger partial charge is 0.465 e. The molecule has 0 spiro atoms. The van der Waals surface area contributed by atoms with Crippen LogP contribution in [0.1, 0.15) is 26.2 Å². The van der Waals surface area contributed by atoms with E-state index >= 15 is 0 Å². The Morgan fingerprint density at radius 3 is 2.44 bits per heavy atom. The molecule has 2 rings (SSSR count). The van der Waals surface area contributed by atoms with Gasteiger partial charge in [-0.15, -0.1) is 0 Å². The predicted octanol–water partition coefficient (Wildman–Crippen LogP) is 0.494. The summed E-state index contributed by atoms with van der Waals surface area (Å²) in [5.74, 6) is 0.175. The molecule has 0 saturated carbocycles. The Balaban J connectivity index is 1.68. The zero-order valence-corrected chi connectivity index (χ0v) is 11.1. The molecular formula is C13H22N2O3. The van der Waals surface area contributed by atoms with E-state index in [4.69, 9.17) is 4.74 Å². The first kappa shape index (κ1) is 13.3. The van der Waals surface area contributed by atoms with Crippen molar-refractivity contribution in [1.82, 2.24) is 9.80 Å². The molecule has 2 saturated heterocycles. The zero-order chi connectivity index (χ0) is 13.0. The van der Waals surface area contributed by atoms with Crippen LogP contribution in [-0.2, 0) is 14.3 Å². The lowest BCUT2D eigenvalue weighted by Gasteiger charge is -2.40. The van der Waals surface area contributed by atoms with Crippen molar-refractivity contribution >= 4 is 11.9 Å². The van der Waals surface area contributed by atoms with Gasteiger partial charge in [-0.2, -0.15) is 0 Å². The third-order valence-corrected chi connectivity index (χ3v) is 3.63. The second-order valence-corrected chi connectivity index (χ2v) is 5.08.